The molecule has 4 aromatic rings. The Morgan fingerprint density at radius 3 is 2.73 bits per heavy atom. The van der Waals surface area contributed by atoms with Crippen molar-refractivity contribution in [1.29, 1.82) is 0 Å². The summed E-state index contributed by atoms with van der Waals surface area (Å²) < 4.78 is 14.8. The van der Waals surface area contributed by atoms with Crippen LogP contribution in [-0.2, 0) is 6.54 Å². The van der Waals surface area contributed by atoms with Gasteiger partial charge in [0, 0.05) is 11.6 Å². The van der Waals surface area contributed by atoms with Crippen molar-refractivity contribution < 1.29 is 4.39 Å². The monoisotopic (exact) mass is 367 g/mol. The molecule has 1 N–H and O–H groups in total. The number of aromatic nitrogens is 4. The van der Waals surface area contributed by atoms with Gasteiger partial charge in [-0.3, -0.25) is 0 Å². The van der Waals surface area contributed by atoms with Crippen molar-refractivity contribution in [2.24, 2.45) is 0 Å². The van der Waals surface area contributed by atoms with Gasteiger partial charge in [-0.2, -0.15) is 5.10 Å². The molecule has 0 amide bonds. The van der Waals surface area contributed by atoms with Gasteiger partial charge in [0.1, 0.15) is 18.0 Å². The van der Waals surface area contributed by atoms with Gasteiger partial charge in [0.2, 0.25) is 0 Å². The molecule has 0 atom stereocenters. The molecular weight excluding hydrogens is 353 g/mol. The van der Waals surface area contributed by atoms with Crippen LogP contribution in [0, 0.1) is 12.7 Å². The van der Waals surface area contributed by atoms with Crippen LogP contribution < -0.4 is 5.32 Å². The van der Waals surface area contributed by atoms with Gasteiger partial charge in [0.05, 0.1) is 17.3 Å². The van der Waals surface area contributed by atoms with Crippen LogP contribution in [0.5, 0.6) is 0 Å². The smallest absolute Gasteiger partial charge is 0.168 e. The van der Waals surface area contributed by atoms with E-state index in [-0.39, 0.29) is 5.82 Å². The van der Waals surface area contributed by atoms with Crippen molar-refractivity contribution in [2.75, 3.05) is 5.32 Å². The lowest BCUT2D eigenvalue weighted by Crippen LogP contribution is -2.04. The molecule has 2 aromatic heterocycles. The maximum Gasteiger partial charge on any atom is 0.168 e. The summed E-state index contributed by atoms with van der Waals surface area (Å²) in [6.07, 6.45) is 3.22. The van der Waals surface area contributed by atoms with Crippen molar-refractivity contribution in [3.63, 3.8) is 0 Å². The molecule has 130 valence electrons. The first-order valence-corrected chi connectivity index (χ1v) is 8.43. The third kappa shape index (κ3) is 3.11. The minimum Gasteiger partial charge on any atom is -0.365 e. The predicted molar refractivity (Wildman–Crippen MR) is 100 cm³/mol. The molecule has 2 heterocycles. The highest BCUT2D eigenvalue weighted by molar-refractivity contribution is 6.30. The first kappa shape index (κ1) is 16.5. The number of nitrogens with one attached hydrogen (secondary N) is 1. The molecule has 0 saturated carbocycles. The van der Waals surface area contributed by atoms with Gasteiger partial charge in [-0.15, -0.1) is 0 Å². The fourth-order valence-electron chi connectivity index (χ4n) is 2.76. The van der Waals surface area contributed by atoms with Gasteiger partial charge in [-0.25, -0.2) is 19.0 Å². The Hall–Kier alpha value is -2.99. The number of benzene rings is 2. The Morgan fingerprint density at radius 1 is 1.12 bits per heavy atom. The molecule has 7 heteroatoms. The molecule has 0 radical (unpaired) electrons. The van der Waals surface area contributed by atoms with E-state index in [2.05, 4.69) is 20.4 Å². The van der Waals surface area contributed by atoms with Crippen LogP contribution in [0.3, 0.4) is 0 Å². The maximum absolute atomic E-state index is 13.0. The molecule has 0 aliphatic heterocycles. The van der Waals surface area contributed by atoms with E-state index in [9.17, 15) is 4.39 Å². The topological polar surface area (TPSA) is 55.6 Å². The van der Waals surface area contributed by atoms with Gasteiger partial charge in [0.25, 0.3) is 0 Å². The zero-order valence-corrected chi connectivity index (χ0v) is 14.7. The Labute approximate surface area is 154 Å². The number of fused-ring (bicyclic) bond motifs is 1. The second kappa shape index (κ2) is 6.72. The molecule has 0 aliphatic rings. The summed E-state index contributed by atoms with van der Waals surface area (Å²) in [5.74, 6) is 0.418. The zero-order chi connectivity index (χ0) is 18.1. The van der Waals surface area contributed by atoms with Crippen LogP contribution in [0.1, 0.15) is 11.1 Å². The molecule has 0 saturated heterocycles. The van der Waals surface area contributed by atoms with Crippen LogP contribution in [0.25, 0.3) is 16.7 Å². The van der Waals surface area contributed by atoms with Crippen molar-refractivity contribution >= 4 is 28.5 Å². The lowest BCUT2D eigenvalue weighted by molar-refractivity contribution is 0.627. The summed E-state index contributed by atoms with van der Waals surface area (Å²) in [4.78, 5) is 8.68. The fourth-order valence-corrected chi connectivity index (χ4v) is 2.93. The van der Waals surface area contributed by atoms with E-state index in [1.54, 1.807) is 23.0 Å². The SMILES string of the molecule is Cc1ccc(Cl)cc1-n1ncc2c(NCc3ccc(F)cc3)ncnc21. The molecule has 26 heavy (non-hydrogen) atoms. The van der Waals surface area contributed by atoms with Crippen LogP contribution >= 0.6 is 11.6 Å². The van der Waals surface area contributed by atoms with Gasteiger partial charge in [-0.05, 0) is 42.3 Å². The van der Waals surface area contributed by atoms with Crippen molar-refractivity contribution in [1.82, 2.24) is 19.7 Å². The van der Waals surface area contributed by atoms with Gasteiger partial charge < -0.3 is 5.32 Å². The number of hydrogen-bond acceptors (Lipinski definition) is 4. The molecule has 0 fully saturated rings. The van der Waals surface area contributed by atoms with E-state index in [0.717, 1.165) is 22.2 Å². The summed E-state index contributed by atoms with van der Waals surface area (Å²) in [6, 6.07) is 12.0. The Kier molecular flexibility index (Phi) is 4.26. The van der Waals surface area contributed by atoms with E-state index < -0.39 is 0 Å². The fraction of sp³-hybridized carbons (Fsp3) is 0.105. The average Bonchev–Trinajstić information content (AvgIpc) is 3.08. The normalized spacial score (nSPS) is 11.0. The molecule has 0 spiro atoms. The minimum absolute atomic E-state index is 0.253. The second-order valence-electron chi connectivity index (χ2n) is 5.93. The largest absolute Gasteiger partial charge is 0.365 e. The number of hydrogen-bond donors (Lipinski definition) is 1. The van der Waals surface area contributed by atoms with E-state index >= 15 is 0 Å². The number of rotatable bonds is 4. The number of aryl methyl sites for hydroxylation is 1. The predicted octanol–water partition coefficient (Wildman–Crippen LogP) is 4.53. The average molecular weight is 368 g/mol. The van der Waals surface area contributed by atoms with Crippen LogP contribution in [0.2, 0.25) is 5.02 Å². The van der Waals surface area contributed by atoms with Gasteiger partial charge >= 0.3 is 0 Å². The molecule has 0 aliphatic carbocycles. The molecule has 5 nitrogen and oxygen atoms in total. The Bertz CT molecular complexity index is 1080. The van der Waals surface area contributed by atoms with Gasteiger partial charge in [0.15, 0.2) is 5.65 Å². The molecule has 0 unspecified atom stereocenters. The summed E-state index contributed by atoms with van der Waals surface area (Å²) >= 11 is 6.13. The third-order valence-electron chi connectivity index (χ3n) is 4.14. The van der Waals surface area contributed by atoms with Crippen LogP contribution in [0.15, 0.2) is 55.0 Å². The van der Waals surface area contributed by atoms with E-state index in [0.29, 0.717) is 23.0 Å². The summed E-state index contributed by atoms with van der Waals surface area (Å²) in [7, 11) is 0. The van der Waals surface area contributed by atoms with E-state index in [4.69, 9.17) is 11.6 Å². The lowest BCUT2D eigenvalue weighted by Gasteiger charge is -2.09. The summed E-state index contributed by atoms with van der Waals surface area (Å²) in [5, 5.41) is 9.16. The van der Waals surface area contributed by atoms with Crippen LogP contribution in [-0.4, -0.2) is 19.7 Å². The summed E-state index contributed by atoms with van der Waals surface area (Å²) in [5.41, 5.74) is 3.55. The van der Waals surface area contributed by atoms with Crippen LogP contribution in [0.4, 0.5) is 10.2 Å². The highest BCUT2D eigenvalue weighted by atomic mass is 35.5. The van der Waals surface area contributed by atoms with Crippen molar-refractivity contribution in [2.45, 2.75) is 13.5 Å². The first-order valence-electron chi connectivity index (χ1n) is 8.05. The zero-order valence-electron chi connectivity index (χ0n) is 13.9. The Morgan fingerprint density at radius 2 is 1.92 bits per heavy atom. The molecule has 4 rings (SSSR count). The highest BCUT2D eigenvalue weighted by Gasteiger charge is 2.13. The maximum atomic E-state index is 13.0. The molecule has 2 aromatic carbocycles. The van der Waals surface area contributed by atoms with E-state index in [1.807, 2.05) is 25.1 Å². The number of halogens is 2. The lowest BCUT2D eigenvalue weighted by atomic mass is 10.2. The molecular formula is C19H15ClFN5. The Balaban J connectivity index is 1.69. The number of anilines is 1. The third-order valence-corrected chi connectivity index (χ3v) is 4.37. The van der Waals surface area contributed by atoms with Crippen molar-refractivity contribution in [3.05, 3.63) is 77.0 Å². The standard InChI is InChI=1S/C19H15ClFN5/c1-12-2-5-14(20)8-17(12)26-19-16(10-25-26)18(23-11-24-19)22-9-13-3-6-15(21)7-4-13/h2-8,10-11H,9H2,1H3,(H,22,23,24). The number of nitrogens with zero attached hydrogens (tertiary/aromatic N) is 4. The van der Waals surface area contributed by atoms with E-state index in [1.165, 1.54) is 18.5 Å². The summed E-state index contributed by atoms with van der Waals surface area (Å²) in [6.45, 7) is 2.52. The first-order chi connectivity index (χ1) is 12.6. The molecule has 0 bridgehead atoms. The quantitative estimate of drug-likeness (QED) is 0.575. The highest BCUT2D eigenvalue weighted by Crippen LogP contribution is 2.25. The van der Waals surface area contributed by atoms with Gasteiger partial charge in [-0.1, -0.05) is 29.8 Å². The minimum atomic E-state index is -0.253. The second-order valence-corrected chi connectivity index (χ2v) is 6.36. The van der Waals surface area contributed by atoms with Crippen molar-refractivity contribution in [3.8, 4) is 5.69 Å².